The molecule has 1 amide bonds. The van der Waals surface area contributed by atoms with Crippen LogP contribution >= 0.6 is 0 Å². The van der Waals surface area contributed by atoms with E-state index in [1.165, 1.54) is 4.90 Å². The minimum absolute atomic E-state index is 0.131. The summed E-state index contributed by atoms with van der Waals surface area (Å²) in [5.74, 6) is -2.55. The molecule has 4 nitrogen and oxygen atoms in total. The van der Waals surface area contributed by atoms with Gasteiger partial charge in [0.25, 0.3) is 0 Å². The SMILES string of the molecule is CN(C(=O)C1CCC(F)(F)CC1)c1nc2ccccc2n1C. The third kappa shape index (κ3) is 2.58. The number of hydrogen-bond acceptors (Lipinski definition) is 2. The van der Waals surface area contributed by atoms with Crippen LogP contribution in [-0.2, 0) is 11.8 Å². The Morgan fingerprint density at radius 2 is 1.95 bits per heavy atom. The number of carbonyl (C=O) groups excluding carboxylic acids is 1. The summed E-state index contributed by atoms with van der Waals surface area (Å²) in [6.45, 7) is 0. The minimum atomic E-state index is -2.62. The fourth-order valence-electron chi connectivity index (χ4n) is 3.09. The van der Waals surface area contributed by atoms with E-state index in [-0.39, 0.29) is 37.5 Å². The van der Waals surface area contributed by atoms with E-state index >= 15 is 0 Å². The maximum atomic E-state index is 13.2. The molecule has 1 fully saturated rings. The Morgan fingerprint density at radius 1 is 1.32 bits per heavy atom. The molecule has 1 aromatic carbocycles. The van der Waals surface area contributed by atoms with Gasteiger partial charge in [0.1, 0.15) is 0 Å². The van der Waals surface area contributed by atoms with Gasteiger partial charge in [-0.3, -0.25) is 9.69 Å². The standard InChI is InChI=1S/C16H19F2N3O/c1-20-13-6-4-3-5-12(13)19-15(20)21(2)14(22)11-7-9-16(17,18)10-8-11/h3-6,11H,7-10H2,1-2H3. The van der Waals surface area contributed by atoms with Gasteiger partial charge in [-0.2, -0.15) is 0 Å². The second kappa shape index (κ2) is 5.34. The Balaban J connectivity index is 1.82. The average molecular weight is 307 g/mol. The summed E-state index contributed by atoms with van der Waals surface area (Å²) >= 11 is 0. The highest BCUT2D eigenvalue weighted by Crippen LogP contribution is 2.37. The molecule has 0 bridgehead atoms. The van der Waals surface area contributed by atoms with Crippen molar-refractivity contribution in [1.29, 1.82) is 0 Å². The molecule has 1 aliphatic rings. The monoisotopic (exact) mass is 307 g/mol. The number of nitrogens with zero attached hydrogens (tertiary/aromatic N) is 3. The van der Waals surface area contributed by atoms with Gasteiger partial charge in [0.15, 0.2) is 0 Å². The van der Waals surface area contributed by atoms with E-state index in [2.05, 4.69) is 4.98 Å². The van der Waals surface area contributed by atoms with Crippen LogP contribution in [0.4, 0.5) is 14.7 Å². The third-order valence-electron chi connectivity index (χ3n) is 4.46. The van der Waals surface area contributed by atoms with Crippen LogP contribution in [0.2, 0.25) is 0 Å². The first kappa shape index (κ1) is 14.9. The summed E-state index contributed by atoms with van der Waals surface area (Å²) in [5.41, 5.74) is 1.75. The summed E-state index contributed by atoms with van der Waals surface area (Å²) < 4.78 is 28.3. The maximum absolute atomic E-state index is 13.2. The second-order valence-corrected chi connectivity index (χ2v) is 5.99. The number of hydrogen-bond donors (Lipinski definition) is 0. The molecule has 0 N–H and O–H groups in total. The summed E-state index contributed by atoms with van der Waals surface area (Å²) in [6.07, 6.45) is 0.0554. The number of fused-ring (bicyclic) bond motifs is 1. The highest BCUT2D eigenvalue weighted by atomic mass is 19.3. The first-order valence-electron chi connectivity index (χ1n) is 7.46. The van der Waals surface area contributed by atoms with E-state index < -0.39 is 5.92 Å². The van der Waals surface area contributed by atoms with E-state index in [0.29, 0.717) is 5.95 Å². The number of benzene rings is 1. The Hall–Kier alpha value is -1.98. The molecular formula is C16H19F2N3O. The lowest BCUT2D eigenvalue weighted by atomic mass is 9.86. The lowest BCUT2D eigenvalue weighted by Crippen LogP contribution is -2.38. The number of rotatable bonds is 2. The molecule has 0 saturated heterocycles. The van der Waals surface area contributed by atoms with Gasteiger partial charge in [0.2, 0.25) is 17.8 Å². The lowest BCUT2D eigenvalue weighted by molar-refractivity contribution is -0.126. The molecule has 0 radical (unpaired) electrons. The van der Waals surface area contributed by atoms with Crippen molar-refractivity contribution in [3.05, 3.63) is 24.3 Å². The zero-order chi connectivity index (χ0) is 15.9. The highest BCUT2D eigenvalue weighted by molar-refractivity contribution is 5.94. The van der Waals surface area contributed by atoms with E-state index in [1.807, 2.05) is 35.9 Å². The molecule has 1 saturated carbocycles. The molecule has 3 rings (SSSR count). The largest absolute Gasteiger partial charge is 0.313 e. The van der Waals surface area contributed by atoms with Crippen LogP contribution < -0.4 is 4.90 Å². The van der Waals surface area contributed by atoms with Crippen molar-refractivity contribution in [2.24, 2.45) is 13.0 Å². The molecule has 118 valence electrons. The number of anilines is 1. The smallest absolute Gasteiger partial charge is 0.248 e. The molecule has 6 heteroatoms. The van der Waals surface area contributed by atoms with Gasteiger partial charge in [-0.05, 0) is 25.0 Å². The first-order chi connectivity index (χ1) is 10.4. The van der Waals surface area contributed by atoms with Crippen LogP contribution in [0.5, 0.6) is 0 Å². The van der Waals surface area contributed by atoms with Crippen LogP contribution in [0.25, 0.3) is 11.0 Å². The van der Waals surface area contributed by atoms with Crippen molar-refractivity contribution >= 4 is 22.9 Å². The van der Waals surface area contributed by atoms with Crippen molar-refractivity contribution in [1.82, 2.24) is 9.55 Å². The zero-order valence-electron chi connectivity index (χ0n) is 12.7. The fraction of sp³-hybridized carbons (Fsp3) is 0.500. The molecule has 0 spiro atoms. The number of carbonyl (C=O) groups is 1. The molecule has 1 aliphatic carbocycles. The lowest BCUT2D eigenvalue weighted by Gasteiger charge is -2.29. The van der Waals surface area contributed by atoms with Gasteiger partial charge >= 0.3 is 0 Å². The van der Waals surface area contributed by atoms with Crippen LogP contribution in [-0.4, -0.2) is 28.4 Å². The number of aryl methyl sites for hydroxylation is 1. The Morgan fingerprint density at radius 3 is 2.59 bits per heavy atom. The van der Waals surface area contributed by atoms with Crippen LogP contribution in [0.1, 0.15) is 25.7 Å². The summed E-state index contributed by atoms with van der Waals surface area (Å²) in [4.78, 5) is 18.5. The number of halogens is 2. The predicted octanol–water partition coefficient (Wildman–Crippen LogP) is 3.36. The highest BCUT2D eigenvalue weighted by Gasteiger charge is 2.38. The number of para-hydroxylation sites is 2. The topological polar surface area (TPSA) is 38.1 Å². The Labute approximate surface area is 127 Å². The number of imidazole rings is 1. The quantitative estimate of drug-likeness (QED) is 0.853. The maximum Gasteiger partial charge on any atom is 0.248 e. The molecule has 1 aromatic heterocycles. The van der Waals surface area contributed by atoms with Crippen LogP contribution in [0.3, 0.4) is 0 Å². The predicted molar refractivity (Wildman–Crippen MR) is 81.0 cm³/mol. The van der Waals surface area contributed by atoms with Crippen molar-refractivity contribution in [2.45, 2.75) is 31.6 Å². The van der Waals surface area contributed by atoms with Gasteiger partial charge in [0, 0.05) is 32.9 Å². The molecule has 0 unspecified atom stereocenters. The zero-order valence-corrected chi connectivity index (χ0v) is 12.7. The second-order valence-electron chi connectivity index (χ2n) is 5.99. The number of amides is 1. The van der Waals surface area contributed by atoms with Gasteiger partial charge in [-0.1, -0.05) is 12.1 Å². The average Bonchev–Trinajstić information content (AvgIpc) is 2.83. The van der Waals surface area contributed by atoms with E-state index in [9.17, 15) is 13.6 Å². The Bertz CT molecular complexity index is 700. The summed E-state index contributed by atoms with van der Waals surface area (Å²) in [6, 6.07) is 7.63. The normalized spacial score (nSPS) is 18.5. The molecule has 1 heterocycles. The van der Waals surface area contributed by atoms with E-state index in [0.717, 1.165) is 11.0 Å². The third-order valence-corrected chi connectivity index (χ3v) is 4.46. The van der Waals surface area contributed by atoms with Crippen LogP contribution in [0.15, 0.2) is 24.3 Å². The Kier molecular flexibility index (Phi) is 3.62. The fourth-order valence-corrected chi connectivity index (χ4v) is 3.09. The number of aromatic nitrogens is 2. The minimum Gasteiger partial charge on any atom is -0.313 e. The molecule has 0 atom stereocenters. The van der Waals surface area contributed by atoms with E-state index in [4.69, 9.17) is 0 Å². The van der Waals surface area contributed by atoms with Crippen molar-refractivity contribution in [2.75, 3.05) is 11.9 Å². The van der Waals surface area contributed by atoms with Gasteiger partial charge in [-0.25, -0.2) is 13.8 Å². The van der Waals surface area contributed by atoms with E-state index in [1.54, 1.807) is 7.05 Å². The molecule has 22 heavy (non-hydrogen) atoms. The molecule has 2 aromatic rings. The number of alkyl halides is 2. The summed E-state index contributed by atoms with van der Waals surface area (Å²) in [5, 5.41) is 0. The first-order valence-corrected chi connectivity index (χ1v) is 7.46. The summed E-state index contributed by atoms with van der Waals surface area (Å²) in [7, 11) is 3.51. The molecular weight excluding hydrogens is 288 g/mol. The van der Waals surface area contributed by atoms with Crippen LogP contribution in [0, 0.1) is 5.92 Å². The van der Waals surface area contributed by atoms with Crippen molar-refractivity contribution < 1.29 is 13.6 Å². The van der Waals surface area contributed by atoms with Gasteiger partial charge in [-0.15, -0.1) is 0 Å². The van der Waals surface area contributed by atoms with Crippen molar-refractivity contribution in [3.8, 4) is 0 Å². The molecule has 0 aliphatic heterocycles. The van der Waals surface area contributed by atoms with Gasteiger partial charge < -0.3 is 4.57 Å². The van der Waals surface area contributed by atoms with Crippen molar-refractivity contribution in [3.63, 3.8) is 0 Å². The van der Waals surface area contributed by atoms with Gasteiger partial charge in [0.05, 0.1) is 11.0 Å².